The van der Waals surface area contributed by atoms with Gasteiger partial charge in [0.2, 0.25) is 0 Å². The third-order valence-corrected chi connectivity index (χ3v) is 3.62. The van der Waals surface area contributed by atoms with Crippen molar-refractivity contribution in [1.29, 1.82) is 0 Å². The van der Waals surface area contributed by atoms with E-state index in [0.29, 0.717) is 12.1 Å². The lowest BCUT2D eigenvalue weighted by Crippen LogP contribution is -2.31. The summed E-state index contributed by atoms with van der Waals surface area (Å²) >= 11 is 1.83. The van der Waals surface area contributed by atoms with Crippen LogP contribution in [-0.2, 0) is 0 Å². The maximum absolute atomic E-state index is 4.57. The van der Waals surface area contributed by atoms with Crippen molar-refractivity contribution < 1.29 is 0 Å². The molecule has 0 saturated heterocycles. The van der Waals surface area contributed by atoms with Gasteiger partial charge in [0.15, 0.2) is 0 Å². The van der Waals surface area contributed by atoms with Crippen LogP contribution in [0, 0.1) is 0 Å². The van der Waals surface area contributed by atoms with Gasteiger partial charge >= 0.3 is 0 Å². The van der Waals surface area contributed by atoms with E-state index in [1.165, 1.54) is 4.90 Å². The van der Waals surface area contributed by atoms with E-state index in [9.17, 15) is 0 Å². The molecule has 1 aliphatic heterocycles. The molecule has 0 unspecified atom stereocenters. The average molecular weight is 220 g/mol. The number of thioether (sulfide) groups is 1. The van der Waals surface area contributed by atoms with Gasteiger partial charge in [-0.05, 0) is 26.0 Å². The van der Waals surface area contributed by atoms with Crippen molar-refractivity contribution in [3.05, 3.63) is 30.3 Å². The molecule has 0 aliphatic carbocycles. The first-order valence-corrected chi connectivity index (χ1v) is 6.25. The molecule has 0 radical (unpaired) electrons. The predicted octanol–water partition coefficient (Wildman–Crippen LogP) is 2.56. The Balaban J connectivity index is 1.87. The van der Waals surface area contributed by atoms with E-state index in [1.54, 1.807) is 0 Å². The van der Waals surface area contributed by atoms with Crippen LogP contribution >= 0.6 is 11.8 Å². The van der Waals surface area contributed by atoms with E-state index >= 15 is 0 Å². The van der Waals surface area contributed by atoms with Crippen molar-refractivity contribution in [2.75, 3.05) is 5.75 Å². The van der Waals surface area contributed by atoms with Crippen LogP contribution in [0.25, 0.3) is 0 Å². The molecule has 80 valence electrons. The van der Waals surface area contributed by atoms with E-state index in [0.717, 1.165) is 11.6 Å². The minimum absolute atomic E-state index is 0.413. The smallest absolute Gasteiger partial charge is 0.107 e. The van der Waals surface area contributed by atoms with Crippen LogP contribution in [0.2, 0.25) is 0 Å². The first-order chi connectivity index (χ1) is 7.25. The molecule has 1 heterocycles. The van der Waals surface area contributed by atoms with Gasteiger partial charge in [0, 0.05) is 10.9 Å². The highest BCUT2D eigenvalue weighted by Crippen LogP contribution is 2.18. The molecule has 1 aromatic rings. The van der Waals surface area contributed by atoms with Crippen LogP contribution in [-0.4, -0.2) is 23.7 Å². The second-order valence-corrected chi connectivity index (χ2v) is 4.90. The van der Waals surface area contributed by atoms with Gasteiger partial charge in [-0.25, -0.2) is 0 Å². The molecule has 0 fully saturated rings. The highest BCUT2D eigenvalue weighted by molar-refractivity contribution is 8.00. The van der Waals surface area contributed by atoms with Crippen LogP contribution < -0.4 is 5.32 Å². The van der Waals surface area contributed by atoms with Crippen molar-refractivity contribution in [2.24, 2.45) is 4.99 Å². The summed E-state index contributed by atoms with van der Waals surface area (Å²) < 4.78 is 0. The second-order valence-electron chi connectivity index (χ2n) is 3.85. The Morgan fingerprint density at radius 1 is 1.27 bits per heavy atom. The van der Waals surface area contributed by atoms with Gasteiger partial charge < -0.3 is 5.32 Å². The molecule has 15 heavy (non-hydrogen) atoms. The number of nitrogens with one attached hydrogen (secondary N) is 1. The summed E-state index contributed by atoms with van der Waals surface area (Å²) in [5, 5.41) is 3.40. The SMILES string of the molecule is C[C@@H]1N=C(CSc2ccccc2)N[C@@H]1C. The molecule has 2 nitrogen and oxygen atoms in total. The third-order valence-electron chi connectivity index (χ3n) is 2.60. The van der Waals surface area contributed by atoms with E-state index in [1.807, 2.05) is 17.8 Å². The number of benzene rings is 1. The highest BCUT2D eigenvalue weighted by Gasteiger charge is 2.19. The monoisotopic (exact) mass is 220 g/mol. The lowest BCUT2D eigenvalue weighted by molar-refractivity contribution is 0.601. The zero-order valence-corrected chi connectivity index (χ0v) is 9.92. The fourth-order valence-electron chi connectivity index (χ4n) is 1.53. The highest BCUT2D eigenvalue weighted by atomic mass is 32.2. The molecule has 0 amide bonds. The number of aliphatic imine (C=N–C) groups is 1. The fraction of sp³-hybridized carbons (Fsp3) is 0.417. The van der Waals surface area contributed by atoms with Crippen LogP contribution in [0.15, 0.2) is 40.2 Å². The molecule has 2 rings (SSSR count). The van der Waals surface area contributed by atoms with Gasteiger partial charge in [-0.15, -0.1) is 11.8 Å². The minimum Gasteiger partial charge on any atom is -0.369 e. The number of hydrogen-bond acceptors (Lipinski definition) is 3. The normalized spacial score (nSPS) is 24.8. The van der Waals surface area contributed by atoms with Gasteiger partial charge in [-0.1, -0.05) is 18.2 Å². The number of hydrogen-bond donors (Lipinski definition) is 1. The van der Waals surface area contributed by atoms with Crippen LogP contribution in [0.1, 0.15) is 13.8 Å². The Bertz CT molecular complexity index is 348. The van der Waals surface area contributed by atoms with Gasteiger partial charge in [0.25, 0.3) is 0 Å². The quantitative estimate of drug-likeness (QED) is 0.792. The van der Waals surface area contributed by atoms with Gasteiger partial charge in [0.1, 0.15) is 5.84 Å². The van der Waals surface area contributed by atoms with E-state index in [4.69, 9.17) is 0 Å². The van der Waals surface area contributed by atoms with Gasteiger partial charge in [-0.3, -0.25) is 4.99 Å². The molecular weight excluding hydrogens is 204 g/mol. The van der Waals surface area contributed by atoms with E-state index in [-0.39, 0.29) is 0 Å². The number of rotatable bonds is 3. The molecule has 1 aliphatic rings. The summed E-state index contributed by atoms with van der Waals surface area (Å²) in [5.74, 6) is 2.07. The minimum atomic E-state index is 0.413. The van der Waals surface area contributed by atoms with Crippen LogP contribution in [0.5, 0.6) is 0 Å². The van der Waals surface area contributed by atoms with Crippen molar-refractivity contribution in [2.45, 2.75) is 30.8 Å². The topological polar surface area (TPSA) is 24.4 Å². The largest absolute Gasteiger partial charge is 0.369 e. The lowest BCUT2D eigenvalue weighted by atomic mass is 10.2. The Hall–Kier alpha value is -0.960. The maximum atomic E-state index is 4.57. The Morgan fingerprint density at radius 2 is 2.00 bits per heavy atom. The summed E-state index contributed by atoms with van der Waals surface area (Å²) in [7, 11) is 0. The molecular formula is C12H16N2S. The molecule has 1 aromatic carbocycles. The first kappa shape index (κ1) is 10.6. The molecule has 3 heteroatoms. The van der Waals surface area contributed by atoms with Crippen molar-refractivity contribution in [1.82, 2.24) is 5.32 Å². The lowest BCUT2D eigenvalue weighted by Gasteiger charge is -2.08. The van der Waals surface area contributed by atoms with Crippen molar-refractivity contribution in [3.8, 4) is 0 Å². The molecule has 0 saturated carbocycles. The van der Waals surface area contributed by atoms with Gasteiger partial charge in [0.05, 0.1) is 11.8 Å². The molecule has 2 atom stereocenters. The third kappa shape index (κ3) is 2.75. The standard InChI is InChI=1S/C12H16N2S/c1-9-10(2)14-12(13-9)8-15-11-6-4-3-5-7-11/h3-7,9-10H,8H2,1-2H3,(H,13,14)/t9-,10+. The zero-order valence-electron chi connectivity index (χ0n) is 9.10. The van der Waals surface area contributed by atoms with E-state index in [2.05, 4.69) is 48.4 Å². The summed E-state index contributed by atoms with van der Waals surface area (Å²) in [5.41, 5.74) is 0. The van der Waals surface area contributed by atoms with Gasteiger partial charge in [-0.2, -0.15) is 0 Å². The summed E-state index contributed by atoms with van der Waals surface area (Å²) in [4.78, 5) is 5.87. The Morgan fingerprint density at radius 3 is 2.60 bits per heavy atom. The number of nitrogens with zero attached hydrogens (tertiary/aromatic N) is 1. The summed E-state index contributed by atoms with van der Waals surface area (Å²) in [6.45, 7) is 4.33. The molecule has 0 spiro atoms. The van der Waals surface area contributed by atoms with Crippen molar-refractivity contribution >= 4 is 17.6 Å². The van der Waals surface area contributed by atoms with E-state index < -0.39 is 0 Å². The predicted molar refractivity (Wildman–Crippen MR) is 66.7 cm³/mol. The van der Waals surface area contributed by atoms with Crippen molar-refractivity contribution in [3.63, 3.8) is 0 Å². The molecule has 1 N–H and O–H groups in total. The first-order valence-electron chi connectivity index (χ1n) is 5.27. The molecule has 0 aromatic heterocycles. The molecule has 0 bridgehead atoms. The average Bonchev–Trinajstić information content (AvgIpc) is 2.57. The second kappa shape index (κ2) is 4.71. The maximum Gasteiger partial charge on any atom is 0.107 e. The summed E-state index contributed by atoms with van der Waals surface area (Å²) in [6.07, 6.45) is 0. The number of amidine groups is 1. The Labute approximate surface area is 95.2 Å². The summed E-state index contributed by atoms with van der Waals surface area (Å²) in [6, 6.07) is 11.3. The fourth-order valence-corrected chi connectivity index (χ4v) is 2.34. The Kier molecular flexibility index (Phi) is 3.31. The van der Waals surface area contributed by atoms with Crippen LogP contribution in [0.3, 0.4) is 0 Å². The zero-order chi connectivity index (χ0) is 10.7. The van der Waals surface area contributed by atoms with Crippen LogP contribution in [0.4, 0.5) is 0 Å².